The molecule has 0 aliphatic carbocycles. The summed E-state index contributed by atoms with van der Waals surface area (Å²) in [4.78, 5) is 0. The molecule has 0 radical (unpaired) electrons. The molecule has 0 saturated carbocycles. The summed E-state index contributed by atoms with van der Waals surface area (Å²) in [5.74, 6) is 0. The molecule has 0 heterocycles. The van der Waals surface area contributed by atoms with Gasteiger partial charge in [-0.1, -0.05) is 0 Å². The van der Waals surface area contributed by atoms with E-state index in [1.54, 1.807) is 0 Å². The van der Waals surface area contributed by atoms with Gasteiger partial charge in [0.05, 0.1) is 0 Å². The summed E-state index contributed by atoms with van der Waals surface area (Å²) in [6.07, 6.45) is -12.7. The number of rotatable bonds is 20. The van der Waals surface area contributed by atoms with Crippen LogP contribution in [0.2, 0.25) is 0 Å². The molecule has 0 spiro atoms. The summed E-state index contributed by atoms with van der Waals surface area (Å²) in [6, 6.07) is 0. The van der Waals surface area contributed by atoms with Gasteiger partial charge >= 0.3 is 206 Å². The van der Waals surface area contributed by atoms with Gasteiger partial charge in [0.15, 0.2) is 0 Å². The quantitative estimate of drug-likeness (QED) is 0.0748. The van der Waals surface area contributed by atoms with Gasteiger partial charge in [-0.05, 0) is 0 Å². The van der Waals surface area contributed by atoms with Crippen LogP contribution < -0.4 is 0 Å². The van der Waals surface area contributed by atoms with E-state index < -0.39 is 78.3 Å². The topological polar surface area (TPSA) is 18.5 Å². The Bertz CT molecular complexity index is 505. The Morgan fingerprint density at radius 1 is 0.457 bits per heavy atom. The molecule has 13 heteroatoms. The number of hydrogen-bond donors (Lipinski definition) is 0. The van der Waals surface area contributed by atoms with Crippen LogP contribution in [-0.2, 0) is 6.15 Å². The third-order valence-corrected chi connectivity index (χ3v) is 15.9. The monoisotopic (exact) mass is 644 g/mol. The fourth-order valence-electron chi connectivity index (χ4n) is 3.50. The standard InChI is InChI=1S/2C7H15O.2C4H4F5.Sn/c2*1-2-3-4-5-6-7-8;2*5-3(6)1-2-4(7,8)9;/h2*2-7H2,1H3;2*1-2H2;/q2*-1;;;+2. The molecule has 0 N–H and O–H groups in total. The van der Waals surface area contributed by atoms with E-state index in [1.807, 2.05) is 13.8 Å². The first-order valence-corrected chi connectivity index (χ1v) is 17.4. The average molecular weight is 643 g/mol. The van der Waals surface area contributed by atoms with E-state index in [-0.39, 0.29) is 12.8 Å². The van der Waals surface area contributed by atoms with Gasteiger partial charge in [-0.25, -0.2) is 0 Å². The Morgan fingerprint density at radius 2 is 0.771 bits per heavy atom. The van der Waals surface area contributed by atoms with Crippen molar-refractivity contribution in [1.82, 2.24) is 0 Å². The zero-order valence-electron chi connectivity index (χ0n) is 20.4. The van der Waals surface area contributed by atoms with Crippen molar-refractivity contribution in [3.63, 3.8) is 0 Å². The summed E-state index contributed by atoms with van der Waals surface area (Å²) in [5, 5.41) is 0. The van der Waals surface area contributed by atoms with Gasteiger partial charge in [0.2, 0.25) is 0 Å². The first kappa shape index (κ1) is 35.0. The summed E-state index contributed by atoms with van der Waals surface area (Å²) < 4.78 is 138. The number of halogens is 10. The van der Waals surface area contributed by atoms with Crippen LogP contribution in [0.15, 0.2) is 0 Å². The van der Waals surface area contributed by atoms with Crippen molar-refractivity contribution >= 4 is 19.2 Å². The first-order valence-electron chi connectivity index (χ1n) is 12.2. The van der Waals surface area contributed by atoms with E-state index in [0.717, 1.165) is 25.7 Å². The van der Waals surface area contributed by atoms with Crippen LogP contribution in [0.4, 0.5) is 43.9 Å². The van der Waals surface area contributed by atoms with Crippen molar-refractivity contribution in [2.45, 2.75) is 124 Å². The predicted molar refractivity (Wildman–Crippen MR) is 116 cm³/mol. The van der Waals surface area contributed by atoms with Gasteiger partial charge in [-0.3, -0.25) is 0 Å². The van der Waals surface area contributed by atoms with E-state index in [1.165, 1.54) is 0 Å². The number of hydrogen-bond acceptors (Lipinski definition) is 2. The molecule has 0 bridgehead atoms. The van der Waals surface area contributed by atoms with Crippen molar-refractivity contribution in [3.05, 3.63) is 0 Å². The normalized spacial score (nSPS) is 14.1. The molecule has 0 fully saturated rings. The average Bonchev–Trinajstić information content (AvgIpc) is 2.73. The number of unbranched alkanes of at least 4 members (excludes halogenated alkanes) is 8. The van der Waals surface area contributed by atoms with Crippen molar-refractivity contribution < 1.29 is 50.1 Å². The Hall–Kier alpha value is 0.0187. The second kappa shape index (κ2) is 16.1. The Morgan fingerprint density at radius 3 is 1.06 bits per heavy atom. The molecule has 0 aliphatic rings. The minimum absolute atomic E-state index is 0.0727. The van der Waals surface area contributed by atoms with Crippen LogP contribution in [0.3, 0.4) is 0 Å². The van der Waals surface area contributed by atoms with Gasteiger partial charge in [0.25, 0.3) is 0 Å². The van der Waals surface area contributed by atoms with Crippen molar-refractivity contribution in [3.8, 4) is 0 Å². The van der Waals surface area contributed by atoms with Crippen LogP contribution in [0.1, 0.15) is 104 Å². The summed E-state index contributed by atoms with van der Waals surface area (Å²) in [7, 11) is 0. The fraction of sp³-hybridized carbons (Fsp3) is 1.00. The minimum atomic E-state index is -7.28. The van der Waals surface area contributed by atoms with Crippen LogP contribution >= 0.6 is 0 Å². The van der Waals surface area contributed by atoms with Gasteiger partial charge in [0.1, 0.15) is 0 Å². The van der Waals surface area contributed by atoms with Crippen molar-refractivity contribution in [1.29, 1.82) is 0 Å². The zero-order chi connectivity index (χ0) is 27.2. The van der Waals surface area contributed by atoms with Gasteiger partial charge < -0.3 is 0 Å². The fourth-order valence-corrected chi connectivity index (χ4v) is 12.7. The molecule has 0 aromatic carbocycles. The van der Waals surface area contributed by atoms with Gasteiger partial charge in [-0.15, -0.1) is 0 Å². The molecule has 0 atom stereocenters. The molecule has 0 aromatic rings. The van der Waals surface area contributed by atoms with Gasteiger partial charge in [-0.2, -0.15) is 0 Å². The molecule has 35 heavy (non-hydrogen) atoms. The number of alkyl halides is 10. The van der Waals surface area contributed by atoms with E-state index in [2.05, 4.69) is 0 Å². The Labute approximate surface area is 206 Å². The molecule has 0 saturated heterocycles. The molecule has 0 unspecified atom stereocenters. The van der Waals surface area contributed by atoms with Crippen molar-refractivity contribution in [2.75, 3.05) is 13.2 Å². The maximum absolute atomic E-state index is 15.2. The molecular formula is C22H38F10O2Sn. The zero-order valence-corrected chi connectivity index (χ0v) is 23.3. The first-order chi connectivity index (χ1) is 16.0. The molecule has 2 nitrogen and oxygen atoms in total. The molecular weight excluding hydrogens is 605 g/mol. The second-order valence-corrected chi connectivity index (χ2v) is 18.1. The SMILES string of the molecule is CCCCCCC[O][Sn]([O]CCCCCCC)([C](F)(F)CCC(F)(F)F)[C](F)(F)CCC(F)(F)F. The maximum atomic E-state index is 15.2. The van der Waals surface area contributed by atoms with E-state index in [9.17, 15) is 26.3 Å². The Kier molecular flexibility index (Phi) is 16.1. The summed E-state index contributed by atoms with van der Waals surface area (Å²) in [6.45, 7) is 2.57. The van der Waals surface area contributed by atoms with Crippen molar-refractivity contribution in [2.24, 2.45) is 0 Å². The molecule has 0 amide bonds. The van der Waals surface area contributed by atoms with Crippen LogP contribution in [0.25, 0.3) is 0 Å². The van der Waals surface area contributed by atoms with E-state index in [4.69, 9.17) is 6.15 Å². The van der Waals surface area contributed by atoms with Crippen LogP contribution in [0, 0.1) is 0 Å². The third kappa shape index (κ3) is 13.9. The summed E-state index contributed by atoms with van der Waals surface area (Å²) in [5.41, 5.74) is 0. The van der Waals surface area contributed by atoms with Gasteiger partial charge in [0, 0.05) is 0 Å². The van der Waals surface area contributed by atoms with Crippen LogP contribution in [0.5, 0.6) is 0 Å². The molecule has 0 aliphatic heterocycles. The predicted octanol–water partition coefficient (Wildman–Crippen LogP) is 9.44. The summed E-state index contributed by atoms with van der Waals surface area (Å²) >= 11 is -7.28. The Balaban J connectivity index is 5.94. The molecule has 0 rings (SSSR count). The van der Waals surface area contributed by atoms with E-state index >= 15 is 17.6 Å². The third-order valence-electron chi connectivity index (χ3n) is 5.51. The van der Waals surface area contributed by atoms with E-state index in [0.29, 0.717) is 25.7 Å². The molecule has 0 aromatic heterocycles. The van der Waals surface area contributed by atoms with Crippen LogP contribution in [-0.4, -0.2) is 52.6 Å². The molecule has 212 valence electrons. The second-order valence-electron chi connectivity index (χ2n) is 8.78.